The van der Waals surface area contributed by atoms with Crippen molar-refractivity contribution in [1.29, 1.82) is 0 Å². The van der Waals surface area contributed by atoms with E-state index in [1.165, 1.54) is 0 Å². The first-order chi connectivity index (χ1) is 18.5. The molecule has 1 aliphatic heterocycles. The number of benzene rings is 3. The van der Waals surface area contributed by atoms with Gasteiger partial charge in [0, 0.05) is 38.6 Å². The molecule has 4 aromatic rings. The maximum Gasteiger partial charge on any atom is 0.360 e. The van der Waals surface area contributed by atoms with E-state index in [4.69, 9.17) is 9.15 Å². The molecular formula is C31H35N3O4. The maximum atomic E-state index is 13.4. The van der Waals surface area contributed by atoms with Crippen LogP contribution in [0, 0.1) is 6.92 Å². The van der Waals surface area contributed by atoms with Gasteiger partial charge in [0.1, 0.15) is 23.1 Å². The minimum Gasteiger partial charge on any atom is -0.490 e. The maximum absolute atomic E-state index is 13.4. The van der Waals surface area contributed by atoms with Crippen LogP contribution in [-0.4, -0.2) is 42.1 Å². The monoisotopic (exact) mass is 513 g/mol. The van der Waals surface area contributed by atoms with E-state index in [0.717, 1.165) is 53.8 Å². The molecule has 0 bridgehead atoms. The third-order valence-corrected chi connectivity index (χ3v) is 7.02. The van der Waals surface area contributed by atoms with Gasteiger partial charge in [0.15, 0.2) is 0 Å². The van der Waals surface area contributed by atoms with Crippen LogP contribution in [0.1, 0.15) is 31.0 Å². The number of ether oxygens (including phenoxy) is 1. The van der Waals surface area contributed by atoms with Gasteiger partial charge < -0.3 is 24.3 Å². The summed E-state index contributed by atoms with van der Waals surface area (Å²) >= 11 is 0. The Bertz CT molecular complexity index is 1410. The molecule has 0 unspecified atom stereocenters. The van der Waals surface area contributed by atoms with Gasteiger partial charge in [-0.25, -0.2) is 9.59 Å². The quantitative estimate of drug-likeness (QED) is 0.304. The highest BCUT2D eigenvalue weighted by Gasteiger charge is 2.21. The highest BCUT2D eigenvalue weighted by atomic mass is 16.5. The van der Waals surface area contributed by atoms with Crippen molar-refractivity contribution in [3.8, 4) is 5.75 Å². The largest absolute Gasteiger partial charge is 0.490 e. The summed E-state index contributed by atoms with van der Waals surface area (Å²) in [5.74, 6) is 0.726. The molecule has 7 nitrogen and oxygen atoms in total. The van der Waals surface area contributed by atoms with E-state index in [1.807, 2.05) is 79.7 Å². The van der Waals surface area contributed by atoms with Crippen molar-refractivity contribution in [2.24, 2.45) is 0 Å². The molecule has 1 aliphatic rings. The second-order valence-electron chi connectivity index (χ2n) is 9.93. The highest BCUT2D eigenvalue weighted by Crippen LogP contribution is 2.30. The molecule has 7 heteroatoms. The normalized spacial score (nSPS) is 14.4. The first kappa shape index (κ1) is 25.5. The third kappa shape index (κ3) is 6.06. The van der Waals surface area contributed by atoms with Gasteiger partial charge in [-0.1, -0.05) is 60.7 Å². The van der Waals surface area contributed by atoms with Crippen LogP contribution >= 0.6 is 0 Å². The molecule has 0 aliphatic carbocycles. The van der Waals surface area contributed by atoms with Crippen LogP contribution in [0.2, 0.25) is 0 Å². The van der Waals surface area contributed by atoms with Gasteiger partial charge in [-0.2, -0.15) is 0 Å². The average Bonchev–Trinajstić information content (AvgIpc) is 2.93. The summed E-state index contributed by atoms with van der Waals surface area (Å²) in [4.78, 5) is 30.3. The van der Waals surface area contributed by atoms with Crippen molar-refractivity contribution in [2.75, 3.05) is 25.5 Å². The summed E-state index contributed by atoms with van der Waals surface area (Å²) in [5, 5.41) is 3.52. The Morgan fingerprint density at radius 1 is 1.00 bits per heavy atom. The lowest BCUT2D eigenvalue weighted by Crippen LogP contribution is -2.35. The fourth-order valence-electron chi connectivity index (χ4n) is 4.80. The molecule has 2 heterocycles. The zero-order valence-electron chi connectivity index (χ0n) is 21.9. The highest BCUT2D eigenvalue weighted by molar-refractivity contribution is 5.92. The summed E-state index contributed by atoms with van der Waals surface area (Å²) in [7, 11) is 2.12. The molecule has 0 saturated carbocycles. The first-order valence-electron chi connectivity index (χ1n) is 13.0. The number of fused-ring (bicyclic) bond motifs is 1. The molecule has 2 amide bonds. The van der Waals surface area contributed by atoms with Crippen molar-refractivity contribution < 1.29 is 15.4 Å². The van der Waals surface area contributed by atoms with Crippen LogP contribution in [0.15, 0.2) is 88.1 Å². The molecule has 198 valence electrons. The number of aryl methyl sites for hydroxylation is 1. The van der Waals surface area contributed by atoms with Gasteiger partial charge in [-0.05, 0) is 56.1 Å². The molecule has 3 aromatic carbocycles. The summed E-state index contributed by atoms with van der Waals surface area (Å²) in [6, 6.07) is 24.7. The van der Waals surface area contributed by atoms with E-state index < -0.39 is 5.63 Å². The second-order valence-corrected chi connectivity index (χ2v) is 9.93. The van der Waals surface area contributed by atoms with Crippen molar-refractivity contribution >= 4 is 22.7 Å². The number of rotatable bonds is 7. The average molecular weight is 514 g/mol. The number of anilines is 1. The summed E-state index contributed by atoms with van der Waals surface area (Å²) in [6.45, 7) is 4.70. The van der Waals surface area contributed by atoms with Crippen molar-refractivity contribution in [3.63, 3.8) is 0 Å². The van der Waals surface area contributed by atoms with Crippen LogP contribution in [0.25, 0.3) is 11.0 Å². The van der Waals surface area contributed by atoms with Crippen LogP contribution in [0.5, 0.6) is 5.75 Å². The lowest BCUT2D eigenvalue weighted by molar-refractivity contribution is 0.113. The number of carbonyl (C=O) groups excluding carboxylic acids is 1. The predicted octanol–water partition coefficient (Wildman–Crippen LogP) is 6.05. The number of hydrogen-bond donors (Lipinski definition) is 1. The van der Waals surface area contributed by atoms with E-state index in [1.54, 1.807) is 11.0 Å². The molecule has 0 radical (unpaired) electrons. The Balaban J connectivity index is 0.00000353. The molecule has 38 heavy (non-hydrogen) atoms. The molecule has 5 rings (SSSR count). The Morgan fingerprint density at radius 3 is 2.21 bits per heavy atom. The lowest BCUT2D eigenvalue weighted by atomic mass is 10.1. The Kier molecular flexibility index (Phi) is 7.75. The van der Waals surface area contributed by atoms with Crippen molar-refractivity contribution in [2.45, 2.75) is 39.0 Å². The van der Waals surface area contributed by atoms with Crippen molar-refractivity contribution in [3.05, 3.63) is 106 Å². The number of urea groups is 1. The number of likely N-dealkylation sites (tertiary alicyclic amines) is 1. The van der Waals surface area contributed by atoms with Crippen molar-refractivity contribution in [1.82, 2.24) is 9.80 Å². The van der Waals surface area contributed by atoms with Gasteiger partial charge in [-0.15, -0.1) is 0 Å². The van der Waals surface area contributed by atoms with E-state index in [2.05, 4.69) is 17.3 Å². The van der Waals surface area contributed by atoms with Gasteiger partial charge >= 0.3 is 11.7 Å². The van der Waals surface area contributed by atoms with Gasteiger partial charge in [0.05, 0.1) is 0 Å². The number of nitrogens with one attached hydrogen (secondary N) is 1. The molecule has 0 spiro atoms. The van der Waals surface area contributed by atoms with Gasteiger partial charge in [0.2, 0.25) is 0 Å². The summed E-state index contributed by atoms with van der Waals surface area (Å²) < 4.78 is 12.0. The molecule has 1 fully saturated rings. The van der Waals surface area contributed by atoms with E-state index in [9.17, 15) is 9.59 Å². The molecule has 1 N–H and O–H groups in total. The Hall–Kier alpha value is -4.10. The smallest absolute Gasteiger partial charge is 0.360 e. The summed E-state index contributed by atoms with van der Waals surface area (Å²) in [6.07, 6.45) is 2.07. The van der Waals surface area contributed by atoms with E-state index >= 15 is 0 Å². The molecule has 0 atom stereocenters. The number of nitrogens with zero attached hydrogens (tertiary/aromatic N) is 2. The zero-order chi connectivity index (χ0) is 26.5. The van der Waals surface area contributed by atoms with E-state index in [0.29, 0.717) is 18.7 Å². The SMILES string of the molecule is Cc1c(OC2CCN(C)CC2)ccc2cc(NC(=O)N(Cc3ccccc3)Cc3ccccc3)c(=O)oc12.[HH]. The molecule has 1 saturated heterocycles. The Labute approximate surface area is 224 Å². The predicted molar refractivity (Wildman–Crippen MR) is 152 cm³/mol. The first-order valence-corrected chi connectivity index (χ1v) is 13.0. The zero-order valence-corrected chi connectivity index (χ0v) is 21.9. The number of hydrogen-bond acceptors (Lipinski definition) is 5. The minimum atomic E-state index is -0.593. The number of carbonyl (C=O) groups is 1. The van der Waals surface area contributed by atoms with Crippen LogP contribution < -0.4 is 15.7 Å². The second kappa shape index (κ2) is 11.5. The minimum absolute atomic E-state index is 0. The molecule has 1 aromatic heterocycles. The van der Waals surface area contributed by atoms with E-state index in [-0.39, 0.29) is 19.2 Å². The fraction of sp³-hybridized carbons (Fsp3) is 0.290. The van der Waals surface area contributed by atoms with Gasteiger partial charge in [0.25, 0.3) is 0 Å². The van der Waals surface area contributed by atoms with Gasteiger partial charge in [-0.3, -0.25) is 0 Å². The summed E-state index contributed by atoms with van der Waals surface area (Å²) in [5.41, 5.74) is 2.77. The number of amides is 2. The van der Waals surface area contributed by atoms with Crippen LogP contribution in [0.4, 0.5) is 10.5 Å². The molecular weight excluding hydrogens is 478 g/mol. The number of piperidine rings is 1. The van der Waals surface area contributed by atoms with Crippen LogP contribution in [-0.2, 0) is 13.1 Å². The topological polar surface area (TPSA) is 75.0 Å². The lowest BCUT2D eigenvalue weighted by Gasteiger charge is -2.29. The third-order valence-electron chi connectivity index (χ3n) is 7.02. The van der Waals surface area contributed by atoms with Crippen LogP contribution in [0.3, 0.4) is 0 Å². The Morgan fingerprint density at radius 2 is 1.61 bits per heavy atom. The fourth-order valence-corrected chi connectivity index (χ4v) is 4.80. The standard InChI is InChI=1S/C31H33N3O4.H2/c1-22-28(37-26-15-17-33(2)18-16-26)14-13-25-19-27(30(35)38-29(22)25)32-31(36)34(20-23-9-5-3-6-10-23)21-24-11-7-4-8-12-24;/h3-14,19,26H,15-18,20-21H2,1-2H3,(H,32,36);1H.